The first-order valence-electron chi connectivity index (χ1n) is 3.92. The molecule has 0 rings (SSSR count). The SMILES string of the molecule is CC(C)NC(C)C.ClCCCl. The molecule has 1 nitrogen and oxygen atoms in total. The first-order valence-corrected chi connectivity index (χ1v) is 4.99. The zero-order valence-corrected chi connectivity index (χ0v) is 9.34. The second-order valence-electron chi connectivity index (χ2n) is 2.85. The molecule has 3 heteroatoms. The summed E-state index contributed by atoms with van der Waals surface area (Å²) in [5, 5.41) is 3.31. The predicted molar refractivity (Wildman–Crippen MR) is 54.8 cm³/mol. The Kier molecular flexibility index (Phi) is 13.5. The van der Waals surface area contributed by atoms with E-state index in [4.69, 9.17) is 23.2 Å². The Morgan fingerprint density at radius 3 is 1.18 bits per heavy atom. The van der Waals surface area contributed by atoms with Crippen LogP contribution in [-0.4, -0.2) is 23.8 Å². The maximum absolute atomic E-state index is 5.05. The Morgan fingerprint density at radius 1 is 0.909 bits per heavy atom. The summed E-state index contributed by atoms with van der Waals surface area (Å²) in [7, 11) is 0. The molecule has 70 valence electrons. The van der Waals surface area contributed by atoms with E-state index in [2.05, 4.69) is 33.0 Å². The van der Waals surface area contributed by atoms with Crippen LogP contribution in [0.2, 0.25) is 0 Å². The summed E-state index contributed by atoms with van der Waals surface area (Å²) in [6.45, 7) is 8.61. The molecule has 0 aromatic rings. The fourth-order valence-corrected chi connectivity index (χ4v) is 0.667. The van der Waals surface area contributed by atoms with E-state index in [9.17, 15) is 0 Å². The standard InChI is InChI=1S/C6H15N.C2H4Cl2/c1-5(2)7-6(3)4;3-1-2-4/h5-7H,1-4H3;1-2H2. The highest BCUT2D eigenvalue weighted by molar-refractivity contribution is 6.25. The van der Waals surface area contributed by atoms with Crippen molar-refractivity contribution in [2.24, 2.45) is 0 Å². The van der Waals surface area contributed by atoms with Gasteiger partial charge in [0.25, 0.3) is 0 Å². The number of nitrogens with one attached hydrogen (secondary N) is 1. The topological polar surface area (TPSA) is 12.0 Å². The summed E-state index contributed by atoms with van der Waals surface area (Å²) in [4.78, 5) is 0. The summed E-state index contributed by atoms with van der Waals surface area (Å²) in [6.07, 6.45) is 0. The van der Waals surface area contributed by atoms with Gasteiger partial charge in [-0.15, -0.1) is 23.2 Å². The average molecular weight is 200 g/mol. The van der Waals surface area contributed by atoms with E-state index in [1.807, 2.05) is 0 Å². The Hall–Kier alpha value is 0.540. The van der Waals surface area contributed by atoms with E-state index < -0.39 is 0 Å². The van der Waals surface area contributed by atoms with Gasteiger partial charge in [0.1, 0.15) is 0 Å². The van der Waals surface area contributed by atoms with Crippen LogP contribution in [0.5, 0.6) is 0 Å². The Balaban J connectivity index is 0. The van der Waals surface area contributed by atoms with Crippen LogP contribution in [-0.2, 0) is 0 Å². The minimum absolute atomic E-state index is 0.557. The Bertz CT molecular complexity index is 57.1. The monoisotopic (exact) mass is 199 g/mol. The van der Waals surface area contributed by atoms with Crippen molar-refractivity contribution in [2.45, 2.75) is 39.8 Å². The number of hydrogen-bond acceptors (Lipinski definition) is 1. The van der Waals surface area contributed by atoms with Crippen molar-refractivity contribution in [3.8, 4) is 0 Å². The molecule has 0 heterocycles. The Labute approximate surface area is 80.5 Å². The molecular weight excluding hydrogens is 181 g/mol. The second-order valence-corrected chi connectivity index (χ2v) is 3.61. The lowest BCUT2D eigenvalue weighted by atomic mass is 10.3. The van der Waals surface area contributed by atoms with Crippen LogP contribution in [0.4, 0.5) is 0 Å². The minimum atomic E-state index is 0.557. The Morgan fingerprint density at radius 2 is 1.18 bits per heavy atom. The van der Waals surface area contributed by atoms with Gasteiger partial charge in [-0.05, 0) is 0 Å². The van der Waals surface area contributed by atoms with E-state index >= 15 is 0 Å². The number of hydrogen-bond donors (Lipinski definition) is 1. The number of rotatable bonds is 3. The van der Waals surface area contributed by atoms with Crippen LogP contribution < -0.4 is 5.32 Å². The normalized spacial score (nSPS) is 9.82. The quantitative estimate of drug-likeness (QED) is 0.690. The van der Waals surface area contributed by atoms with Crippen molar-refractivity contribution in [3.63, 3.8) is 0 Å². The van der Waals surface area contributed by atoms with Crippen LogP contribution in [0.1, 0.15) is 27.7 Å². The molecule has 0 bridgehead atoms. The van der Waals surface area contributed by atoms with Crippen LogP contribution in [0, 0.1) is 0 Å². The van der Waals surface area contributed by atoms with Crippen LogP contribution >= 0.6 is 23.2 Å². The van der Waals surface area contributed by atoms with Gasteiger partial charge >= 0.3 is 0 Å². The average Bonchev–Trinajstić information content (AvgIpc) is 1.85. The fourth-order valence-electron chi connectivity index (χ4n) is 0.667. The fraction of sp³-hybridized carbons (Fsp3) is 1.00. The minimum Gasteiger partial charge on any atom is -0.312 e. The number of halogens is 2. The molecule has 0 amide bonds. The first-order chi connectivity index (χ1) is 5.04. The van der Waals surface area contributed by atoms with Gasteiger partial charge in [-0.1, -0.05) is 27.7 Å². The summed E-state index contributed by atoms with van der Waals surface area (Å²) < 4.78 is 0. The maximum Gasteiger partial charge on any atom is 0.0359 e. The third-order valence-corrected chi connectivity index (χ3v) is 1.31. The first kappa shape index (κ1) is 14.1. The largest absolute Gasteiger partial charge is 0.312 e. The van der Waals surface area contributed by atoms with Gasteiger partial charge in [0, 0.05) is 23.8 Å². The van der Waals surface area contributed by atoms with Crippen LogP contribution in [0.15, 0.2) is 0 Å². The third-order valence-electron chi connectivity index (χ3n) is 0.738. The lowest BCUT2D eigenvalue weighted by Gasteiger charge is -2.10. The summed E-state index contributed by atoms with van der Waals surface area (Å²) in [6, 6.07) is 1.25. The van der Waals surface area contributed by atoms with E-state index in [1.165, 1.54) is 0 Å². The van der Waals surface area contributed by atoms with Crippen molar-refractivity contribution in [2.75, 3.05) is 11.8 Å². The highest BCUT2D eigenvalue weighted by atomic mass is 35.5. The number of alkyl halides is 2. The lowest BCUT2D eigenvalue weighted by molar-refractivity contribution is 0.518. The second kappa shape index (κ2) is 10.5. The van der Waals surface area contributed by atoms with Crippen molar-refractivity contribution in [3.05, 3.63) is 0 Å². The molecule has 0 aromatic heterocycles. The van der Waals surface area contributed by atoms with Gasteiger partial charge in [0.2, 0.25) is 0 Å². The molecule has 0 unspecified atom stereocenters. The van der Waals surface area contributed by atoms with Crippen molar-refractivity contribution in [1.29, 1.82) is 0 Å². The van der Waals surface area contributed by atoms with Crippen LogP contribution in [0.3, 0.4) is 0 Å². The molecule has 0 saturated heterocycles. The highest BCUT2D eigenvalue weighted by Crippen LogP contribution is 1.80. The molecule has 0 atom stereocenters. The summed E-state index contributed by atoms with van der Waals surface area (Å²) >= 11 is 10.1. The lowest BCUT2D eigenvalue weighted by Crippen LogP contribution is -2.29. The van der Waals surface area contributed by atoms with Gasteiger partial charge < -0.3 is 5.32 Å². The molecule has 0 radical (unpaired) electrons. The molecule has 0 aliphatic carbocycles. The zero-order chi connectivity index (χ0) is 9.28. The molecule has 0 aliphatic heterocycles. The summed E-state index contributed by atoms with van der Waals surface area (Å²) in [5.74, 6) is 1.11. The van der Waals surface area contributed by atoms with E-state index in [0.29, 0.717) is 23.8 Å². The van der Waals surface area contributed by atoms with Crippen molar-refractivity contribution in [1.82, 2.24) is 5.32 Å². The molecule has 0 saturated carbocycles. The van der Waals surface area contributed by atoms with E-state index in [1.54, 1.807) is 0 Å². The van der Waals surface area contributed by atoms with Crippen molar-refractivity contribution >= 4 is 23.2 Å². The molecule has 1 N–H and O–H groups in total. The maximum atomic E-state index is 5.05. The molecule has 0 aromatic carbocycles. The third kappa shape index (κ3) is 25.0. The van der Waals surface area contributed by atoms with Crippen molar-refractivity contribution < 1.29 is 0 Å². The van der Waals surface area contributed by atoms with Gasteiger partial charge in [0.05, 0.1) is 0 Å². The van der Waals surface area contributed by atoms with Gasteiger partial charge in [-0.3, -0.25) is 0 Å². The predicted octanol–water partition coefficient (Wildman–Crippen LogP) is 2.86. The molecular formula is C8H19Cl2N. The molecule has 0 spiro atoms. The molecule has 11 heavy (non-hydrogen) atoms. The van der Waals surface area contributed by atoms with Gasteiger partial charge in [-0.25, -0.2) is 0 Å². The van der Waals surface area contributed by atoms with E-state index in [0.717, 1.165) is 0 Å². The van der Waals surface area contributed by atoms with Gasteiger partial charge in [0.15, 0.2) is 0 Å². The molecule has 0 aliphatic rings. The molecule has 0 fully saturated rings. The van der Waals surface area contributed by atoms with Gasteiger partial charge in [-0.2, -0.15) is 0 Å². The highest BCUT2D eigenvalue weighted by Gasteiger charge is 1.92. The van der Waals surface area contributed by atoms with E-state index in [-0.39, 0.29) is 0 Å². The zero-order valence-electron chi connectivity index (χ0n) is 7.82. The smallest absolute Gasteiger partial charge is 0.0359 e. The van der Waals surface area contributed by atoms with Crippen LogP contribution in [0.25, 0.3) is 0 Å². The summed E-state index contributed by atoms with van der Waals surface area (Å²) in [5.41, 5.74) is 0.